The van der Waals surface area contributed by atoms with Crippen molar-refractivity contribution in [3.05, 3.63) is 29.3 Å². The highest BCUT2D eigenvalue weighted by Crippen LogP contribution is 2.22. The van der Waals surface area contributed by atoms with Crippen LogP contribution in [0.25, 0.3) is 0 Å². The van der Waals surface area contributed by atoms with E-state index in [9.17, 15) is 10.2 Å². The Bertz CT molecular complexity index is 536. The maximum absolute atomic E-state index is 9.72. The van der Waals surface area contributed by atoms with Gasteiger partial charge in [0, 0.05) is 23.5 Å². The lowest BCUT2D eigenvalue weighted by Crippen LogP contribution is -1.97. The molecule has 0 fully saturated rings. The molecular formula is C10H11N5O2. The zero-order valence-corrected chi connectivity index (χ0v) is 9.12. The van der Waals surface area contributed by atoms with Gasteiger partial charge in [-0.1, -0.05) is 0 Å². The van der Waals surface area contributed by atoms with Gasteiger partial charge in [0.1, 0.15) is 12.1 Å². The zero-order valence-electron chi connectivity index (χ0n) is 9.12. The van der Waals surface area contributed by atoms with E-state index in [1.807, 2.05) is 0 Å². The summed E-state index contributed by atoms with van der Waals surface area (Å²) in [6.45, 7) is 1.37. The van der Waals surface area contributed by atoms with Crippen LogP contribution in [-0.2, 0) is 6.61 Å². The Morgan fingerprint density at radius 1 is 1.47 bits per heavy atom. The number of H-pyrrole nitrogens is 1. The van der Waals surface area contributed by atoms with Crippen LogP contribution in [0.3, 0.4) is 0 Å². The van der Waals surface area contributed by atoms with Crippen molar-refractivity contribution in [1.82, 2.24) is 20.2 Å². The standard InChI is InChI=1S/C10H11N5O2/c1-6-9(17)8(4-16)7(2-11-6)3-12-10-13-5-14-15-10/h2-3,5,16-17H,4H2,1H3,(H,13,14,15). The molecule has 0 bridgehead atoms. The Morgan fingerprint density at radius 3 is 2.94 bits per heavy atom. The van der Waals surface area contributed by atoms with Gasteiger partial charge in [0.05, 0.1) is 12.3 Å². The van der Waals surface area contributed by atoms with Crippen molar-refractivity contribution in [2.75, 3.05) is 0 Å². The lowest BCUT2D eigenvalue weighted by atomic mass is 10.1. The number of nitrogens with one attached hydrogen (secondary N) is 1. The summed E-state index contributed by atoms with van der Waals surface area (Å²) in [4.78, 5) is 11.8. The minimum atomic E-state index is -0.285. The van der Waals surface area contributed by atoms with Gasteiger partial charge in [0.25, 0.3) is 0 Å². The summed E-state index contributed by atoms with van der Waals surface area (Å²) >= 11 is 0. The fraction of sp³-hybridized carbons (Fsp3) is 0.200. The summed E-state index contributed by atoms with van der Waals surface area (Å²) in [5.74, 6) is 0.322. The molecule has 2 rings (SSSR count). The first-order chi connectivity index (χ1) is 8.22. The molecule has 0 atom stereocenters. The molecule has 0 spiro atoms. The third kappa shape index (κ3) is 2.28. The fourth-order valence-corrected chi connectivity index (χ4v) is 1.33. The quantitative estimate of drug-likeness (QED) is 0.667. The number of aliphatic imine (C=N–C) groups is 1. The van der Waals surface area contributed by atoms with E-state index in [4.69, 9.17) is 0 Å². The largest absolute Gasteiger partial charge is 0.506 e. The molecule has 2 heterocycles. The first-order valence-electron chi connectivity index (χ1n) is 4.90. The van der Waals surface area contributed by atoms with E-state index < -0.39 is 0 Å². The molecule has 17 heavy (non-hydrogen) atoms. The number of rotatable bonds is 3. The van der Waals surface area contributed by atoms with Crippen LogP contribution in [0.1, 0.15) is 16.8 Å². The Kier molecular flexibility index (Phi) is 3.10. The first kappa shape index (κ1) is 11.2. The van der Waals surface area contributed by atoms with Crippen LogP contribution in [0.5, 0.6) is 5.75 Å². The maximum Gasteiger partial charge on any atom is 0.245 e. The van der Waals surface area contributed by atoms with Gasteiger partial charge in [-0.05, 0) is 6.92 Å². The lowest BCUT2D eigenvalue weighted by molar-refractivity contribution is 0.274. The van der Waals surface area contributed by atoms with E-state index >= 15 is 0 Å². The number of aliphatic hydroxyl groups excluding tert-OH is 1. The van der Waals surface area contributed by atoms with Crippen molar-refractivity contribution in [1.29, 1.82) is 0 Å². The molecule has 0 radical (unpaired) electrons. The summed E-state index contributed by atoms with van der Waals surface area (Å²) in [6.07, 6.45) is 4.32. The Labute approximate surface area is 96.9 Å². The van der Waals surface area contributed by atoms with Crippen LogP contribution in [0.2, 0.25) is 0 Å². The molecule has 7 nitrogen and oxygen atoms in total. The van der Waals surface area contributed by atoms with Gasteiger partial charge in [0.2, 0.25) is 5.95 Å². The van der Waals surface area contributed by atoms with Gasteiger partial charge in [0.15, 0.2) is 0 Å². The van der Waals surface area contributed by atoms with E-state index in [2.05, 4.69) is 25.2 Å². The molecule has 0 saturated carbocycles. The smallest absolute Gasteiger partial charge is 0.245 e. The molecule has 2 aromatic rings. The third-order valence-corrected chi connectivity index (χ3v) is 2.26. The molecule has 0 aromatic carbocycles. The van der Waals surface area contributed by atoms with Gasteiger partial charge in [-0.25, -0.2) is 10.1 Å². The number of aryl methyl sites for hydroxylation is 1. The van der Waals surface area contributed by atoms with Gasteiger partial charge >= 0.3 is 0 Å². The minimum Gasteiger partial charge on any atom is -0.506 e. The monoisotopic (exact) mass is 233 g/mol. The molecule has 2 aromatic heterocycles. The molecule has 0 aliphatic heterocycles. The Balaban J connectivity index is 2.36. The topological polar surface area (TPSA) is 107 Å². The predicted octanol–water partition coefficient (Wildman–Crippen LogP) is 0.457. The van der Waals surface area contributed by atoms with E-state index in [-0.39, 0.29) is 12.4 Å². The second kappa shape index (κ2) is 4.71. The second-order valence-electron chi connectivity index (χ2n) is 3.35. The number of aromatic amines is 1. The van der Waals surface area contributed by atoms with E-state index in [0.29, 0.717) is 22.8 Å². The van der Waals surface area contributed by atoms with E-state index in [1.165, 1.54) is 18.7 Å². The SMILES string of the molecule is Cc1ncc(C=Nc2ncn[nH]2)c(CO)c1O. The number of aromatic nitrogens is 4. The molecule has 0 aliphatic rings. The molecule has 0 amide bonds. The number of hydrogen-bond donors (Lipinski definition) is 3. The molecule has 0 saturated heterocycles. The first-order valence-corrected chi connectivity index (χ1v) is 4.90. The normalized spacial score (nSPS) is 11.2. The van der Waals surface area contributed by atoms with Gasteiger partial charge < -0.3 is 10.2 Å². The molecule has 3 N–H and O–H groups in total. The molecule has 0 unspecified atom stereocenters. The zero-order chi connectivity index (χ0) is 12.3. The van der Waals surface area contributed by atoms with E-state index in [0.717, 1.165) is 0 Å². The highest BCUT2D eigenvalue weighted by atomic mass is 16.3. The van der Waals surface area contributed by atoms with Crippen molar-refractivity contribution in [3.63, 3.8) is 0 Å². The van der Waals surface area contributed by atoms with Gasteiger partial charge in [-0.3, -0.25) is 4.98 Å². The maximum atomic E-state index is 9.72. The predicted molar refractivity (Wildman–Crippen MR) is 60.2 cm³/mol. The van der Waals surface area contributed by atoms with Crippen molar-refractivity contribution in [2.24, 2.45) is 4.99 Å². The lowest BCUT2D eigenvalue weighted by Gasteiger charge is -2.06. The van der Waals surface area contributed by atoms with Crippen LogP contribution in [-0.4, -0.2) is 36.6 Å². The van der Waals surface area contributed by atoms with Crippen LogP contribution in [0, 0.1) is 6.92 Å². The fourth-order valence-electron chi connectivity index (χ4n) is 1.33. The highest BCUT2D eigenvalue weighted by molar-refractivity contribution is 5.83. The average molecular weight is 233 g/mol. The summed E-state index contributed by atoms with van der Waals surface area (Å²) in [6, 6.07) is 0. The molecule has 88 valence electrons. The van der Waals surface area contributed by atoms with Gasteiger partial charge in [-0.15, -0.1) is 0 Å². The van der Waals surface area contributed by atoms with Crippen LogP contribution in [0.4, 0.5) is 5.95 Å². The highest BCUT2D eigenvalue weighted by Gasteiger charge is 2.09. The van der Waals surface area contributed by atoms with Gasteiger partial charge in [-0.2, -0.15) is 10.1 Å². The third-order valence-electron chi connectivity index (χ3n) is 2.26. The summed E-state index contributed by atoms with van der Waals surface area (Å²) in [5, 5.41) is 25.1. The number of nitrogens with zero attached hydrogens (tertiary/aromatic N) is 4. The number of aliphatic hydroxyl groups is 1. The summed E-state index contributed by atoms with van der Waals surface area (Å²) < 4.78 is 0. The Morgan fingerprint density at radius 2 is 2.29 bits per heavy atom. The van der Waals surface area contributed by atoms with Crippen LogP contribution >= 0.6 is 0 Å². The summed E-state index contributed by atoms with van der Waals surface area (Å²) in [5.41, 5.74) is 1.39. The second-order valence-corrected chi connectivity index (χ2v) is 3.35. The molecule has 7 heteroatoms. The number of pyridine rings is 1. The molecule has 0 aliphatic carbocycles. The Hall–Kier alpha value is -2.28. The van der Waals surface area contributed by atoms with Crippen molar-refractivity contribution in [3.8, 4) is 5.75 Å². The average Bonchev–Trinajstić information content (AvgIpc) is 2.83. The van der Waals surface area contributed by atoms with E-state index in [1.54, 1.807) is 6.92 Å². The molecular weight excluding hydrogens is 222 g/mol. The number of hydrogen-bond acceptors (Lipinski definition) is 6. The minimum absolute atomic E-state index is 0.0194. The van der Waals surface area contributed by atoms with Crippen LogP contribution < -0.4 is 0 Å². The van der Waals surface area contributed by atoms with Crippen LogP contribution in [0.15, 0.2) is 17.5 Å². The van der Waals surface area contributed by atoms with Crippen molar-refractivity contribution in [2.45, 2.75) is 13.5 Å². The van der Waals surface area contributed by atoms with Crippen molar-refractivity contribution >= 4 is 12.2 Å². The number of aromatic hydroxyl groups is 1. The summed E-state index contributed by atoms with van der Waals surface area (Å²) in [7, 11) is 0. The van der Waals surface area contributed by atoms with Crippen molar-refractivity contribution < 1.29 is 10.2 Å².